The van der Waals surface area contributed by atoms with Gasteiger partial charge in [0.15, 0.2) is 11.4 Å². The molecule has 1 aromatic heterocycles. The number of anilines is 1. The highest BCUT2D eigenvalue weighted by Gasteiger charge is 2.65. The molecule has 2 aromatic rings. The first-order chi connectivity index (χ1) is 17.2. The second kappa shape index (κ2) is 9.52. The third-order valence-corrected chi connectivity index (χ3v) is 7.25. The number of nitrogens with one attached hydrogen (secondary N) is 1. The molecule has 2 aliphatic heterocycles. The van der Waals surface area contributed by atoms with Gasteiger partial charge >= 0.3 is 6.18 Å². The Kier molecular flexibility index (Phi) is 7.02. The summed E-state index contributed by atoms with van der Waals surface area (Å²) in [6, 6.07) is 5.72. The van der Waals surface area contributed by atoms with Gasteiger partial charge in [-0.25, -0.2) is 4.39 Å². The highest BCUT2D eigenvalue weighted by Crippen LogP contribution is 2.55. The highest BCUT2D eigenvalue weighted by atomic mass is 19.4. The van der Waals surface area contributed by atoms with E-state index < -0.39 is 47.2 Å². The molecule has 3 heterocycles. The van der Waals surface area contributed by atoms with Crippen LogP contribution in [0.3, 0.4) is 0 Å². The molecule has 2 aliphatic rings. The molecule has 2 saturated heterocycles. The molecule has 11 heteroatoms. The molecule has 1 aromatic carbocycles. The van der Waals surface area contributed by atoms with Crippen molar-refractivity contribution in [2.45, 2.75) is 70.3 Å². The molecule has 0 unspecified atom stereocenters. The molecule has 0 spiro atoms. The molecule has 0 aliphatic carbocycles. The fraction of sp³-hybridized carbons (Fsp3) is 0.538. The van der Waals surface area contributed by atoms with Gasteiger partial charge in [0.2, 0.25) is 0 Å². The van der Waals surface area contributed by atoms with Crippen molar-refractivity contribution in [3.8, 4) is 5.75 Å². The lowest BCUT2D eigenvalue weighted by Gasteiger charge is -2.32. The lowest BCUT2D eigenvalue weighted by Crippen LogP contribution is -2.47. The fourth-order valence-corrected chi connectivity index (χ4v) is 4.96. The third kappa shape index (κ3) is 4.92. The molecule has 1 amide bonds. The van der Waals surface area contributed by atoms with Gasteiger partial charge in [-0.05, 0) is 45.9 Å². The molecule has 0 bridgehead atoms. The van der Waals surface area contributed by atoms with E-state index >= 15 is 0 Å². The maximum atomic E-state index is 14.2. The van der Waals surface area contributed by atoms with E-state index in [1.165, 1.54) is 33.2 Å². The average Bonchev–Trinajstić information content (AvgIpc) is 3.33. The number of halogens is 4. The Labute approximate surface area is 212 Å². The van der Waals surface area contributed by atoms with Gasteiger partial charge in [0.05, 0.1) is 31.3 Å². The number of methoxy groups -OCH3 is 1. The molecule has 1 N–H and O–H groups in total. The largest absolute Gasteiger partial charge is 0.496 e. The minimum absolute atomic E-state index is 0.0809. The number of hydrogen-bond donors (Lipinski definition) is 1. The number of ether oxygens (including phenoxy) is 4. The summed E-state index contributed by atoms with van der Waals surface area (Å²) in [5.41, 5.74) is -1.38. The van der Waals surface area contributed by atoms with E-state index in [2.05, 4.69) is 10.3 Å². The van der Waals surface area contributed by atoms with Gasteiger partial charge in [0.1, 0.15) is 23.8 Å². The summed E-state index contributed by atoms with van der Waals surface area (Å²) in [6.07, 6.45) is -5.29. The van der Waals surface area contributed by atoms with E-state index in [-0.39, 0.29) is 28.7 Å². The van der Waals surface area contributed by atoms with Crippen molar-refractivity contribution in [2.75, 3.05) is 19.0 Å². The first kappa shape index (κ1) is 27.3. The number of carbonyl (C=O) groups is 1. The summed E-state index contributed by atoms with van der Waals surface area (Å²) in [6.45, 7) is 7.63. The van der Waals surface area contributed by atoms with Gasteiger partial charge < -0.3 is 24.3 Å². The fourth-order valence-electron chi connectivity index (χ4n) is 4.96. The smallest absolute Gasteiger partial charge is 0.417 e. The Morgan fingerprint density at radius 1 is 1.16 bits per heavy atom. The molecule has 0 saturated carbocycles. The Bertz CT molecular complexity index is 1170. The van der Waals surface area contributed by atoms with Crippen LogP contribution < -0.4 is 10.1 Å². The second-order valence-electron chi connectivity index (χ2n) is 10.0. The molecule has 2 fully saturated rings. The van der Waals surface area contributed by atoms with Crippen LogP contribution >= 0.6 is 0 Å². The van der Waals surface area contributed by atoms with Crippen LogP contribution in [0.4, 0.5) is 23.2 Å². The van der Waals surface area contributed by atoms with Gasteiger partial charge in [-0.2, -0.15) is 13.2 Å². The molecule has 202 valence electrons. The van der Waals surface area contributed by atoms with Crippen LogP contribution in [0.15, 0.2) is 30.5 Å². The van der Waals surface area contributed by atoms with Crippen LogP contribution in [0, 0.1) is 18.7 Å². The summed E-state index contributed by atoms with van der Waals surface area (Å²) in [5.74, 6) is -4.28. The predicted molar refractivity (Wildman–Crippen MR) is 126 cm³/mol. The van der Waals surface area contributed by atoms with Crippen LogP contribution in [-0.2, 0) is 19.0 Å². The zero-order valence-corrected chi connectivity index (χ0v) is 21.4. The van der Waals surface area contributed by atoms with E-state index in [4.69, 9.17) is 18.9 Å². The van der Waals surface area contributed by atoms with Crippen molar-refractivity contribution in [2.24, 2.45) is 5.92 Å². The minimum Gasteiger partial charge on any atom is -0.496 e. The minimum atomic E-state index is -4.76. The number of hydrogen-bond acceptors (Lipinski definition) is 6. The number of alkyl halides is 3. The SMILES string of the molecule is COc1c([C@@H]2[C@@H](C(=O)Nc3ccc([C@@H]4COC(C)(C)O4)nc3)O[C@](C)(C(F)(F)F)[C@@H]2C)ccc(F)c1C. The van der Waals surface area contributed by atoms with Crippen LogP contribution in [-0.4, -0.2) is 48.3 Å². The summed E-state index contributed by atoms with van der Waals surface area (Å²) in [5, 5.41) is 2.61. The highest BCUT2D eigenvalue weighted by molar-refractivity contribution is 5.95. The predicted octanol–water partition coefficient (Wildman–Crippen LogP) is 5.44. The van der Waals surface area contributed by atoms with E-state index in [9.17, 15) is 22.4 Å². The van der Waals surface area contributed by atoms with Gasteiger partial charge in [-0.15, -0.1) is 0 Å². The summed E-state index contributed by atoms with van der Waals surface area (Å²) in [7, 11) is 1.30. The Hall–Kier alpha value is -2.76. The Morgan fingerprint density at radius 3 is 2.41 bits per heavy atom. The van der Waals surface area contributed by atoms with Crippen LogP contribution in [0.5, 0.6) is 5.75 Å². The zero-order chi connectivity index (χ0) is 27.3. The third-order valence-electron chi connectivity index (χ3n) is 7.25. The number of pyridine rings is 1. The van der Waals surface area contributed by atoms with Crippen LogP contribution in [0.1, 0.15) is 56.5 Å². The van der Waals surface area contributed by atoms with Gasteiger partial charge in [0, 0.05) is 23.0 Å². The summed E-state index contributed by atoms with van der Waals surface area (Å²) in [4.78, 5) is 17.7. The van der Waals surface area contributed by atoms with E-state index in [1.54, 1.807) is 26.0 Å². The Morgan fingerprint density at radius 2 is 1.86 bits per heavy atom. The van der Waals surface area contributed by atoms with Gasteiger partial charge in [0.25, 0.3) is 5.91 Å². The number of carbonyl (C=O) groups excluding carboxylic acids is 1. The monoisotopic (exact) mass is 526 g/mol. The number of amides is 1. The standard InChI is InChI=1S/C26H30F4N2O5/c1-13-17(27)9-8-16(21(13)34-6)20-14(2)25(5,26(28,29)30)37-22(20)23(33)32-15-7-10-18(31-11-15)19-12-35-24(3,4)36-19/h7-11,14,19-20,22H,12H2,1-6H3,(H,32,33)/t14-,19+,20-,22+,25+/m1/s1. The van der Waals surface area contributed by atoms with Crippen LogP contribution in [0.25, 0.3) is 0 Å². The molecule has 7 nitrogen and oxygen atoms in total. The van der Waals surface area contributed by atoms with Gasteiger partial charge in [-0.1, -0.05) is 13.0 Å². The first-order valence-corrected chi connectivity index (χ1v) is 11.8. The Balaban J connectivity index is 1.64. The zero-order valence-electron chi connectivity index (χ0n) is 21.4. The summed E-state index contributed by atoms with van der Waals surface area (Å²) >= 11 is 0. The molecule has 37 heavy (non-hydrogen) atoms. The number of nitrogens with zero attached hydrogens (tertiary/aromatic N) is 1. The maximum absolute atomic E-state index is 14.2. The average molecular weight is 527 g/mol. The van der Waals surface area contributed by atoms with Gasteiger partial charge in [-0.3, -0.25) is 9.78 Å². The van der Waals surface area contributed by atoms with E-state index in [0.29, 0.717) is 12.3 Å². The second-order valence-corrected chi connectivity index (χ2v) is 10.0. The van der Waals surface area contributed by atoms with Crippen molar-refractivity contribution in [3.63, 3.8) is 0 Å². The molecule has 0 radical (unpaired) electrons. The normalized spacial score (nSPS) is 29.4. The number of rotatable bonds is 5. The topological polar surface area (TPSA) is 78.9 Å². The van der Waals surface area contributed by atoms with Crippen LogP contribution in [0.2, 0.25) is 0 Å². The van der Waals surface area contributed by atoms with Crippen molar-refractivity contribution >= 4 is 11.6 Å². The molecule has 4 rings (SSSR count). The molecular formula is C26H30F4N2O5. The lowest BCUT2D eigenvalue weighted by molar-refractivity contribution is -0.272. The lowest BCUT2D eigenvalue weighted by atomic mass is 9.76. The van der Waals surface area contributed by atoms with Crippen molar-refractivity contribution < 1.29 is 41.3 Å². The number of aromatic nitrogens is 1. The van der Waals surface area contributed by atoms with Crippen molar-refractivity contribution in [1.82, 2.24) is 4.98 Å². The summed E-state index contributed by atoms with van der Waals surface area (Å²) < 4.78 is 78.8. The van der Waals surface area contributed by atoms with Crippen molar-refractivity contribution in [3.05, 3.63) is 53.1 Å². The van der Waals surface area contributed by atoms with Crippen molar-refractivity contribution in [1.29, 1.82) is 0 Å². The number of benzene rings is 1. The van der Waals surface area contributed by atoms with E-state index in [1.807, 2.05) is 0 Å². The van der Waals surface area contributed by atoms with E-state index in [0.717, 1.165) is 13.0 Å². The molecular weight excluding hydrogens is 496 g/mol. The quantitative estimate of drug-likeness (QED) is 0.523. The molecule has 5 atom stereocenters. The maximum Gasteiger partial charge on any atom is 0.417 e. The first-order valence-electron chi connectivity index (χ1n) is 11.8.